The number of hydrogen-bond donors (Lipinski definition) is 1. The predicted molar refractivity (Wildman–Crippen MR) is 52.6 cm³/mol. The lowest BCUT2D eigenvalue weighted by atomic mass is 10.0. The normalized spacial score (nSPS) is 10.0. The average molecular weight is 187 g/mol. The average Bonchev–Trinajstić information content (AvgIpc) is 2.14. The largest absolute Gasteiger partial charge is 0.478 e. The molecule has 0 radical (unpaired) electrons. The first-order valence-corrected chi connectivity index (χ1v) is 4.06. The molecule has 0 atom stereocenters. The zero-order valence-electron chi connectivity index (χ0n) is 7.69. The summed E-state index contributed by atoms with van der Waals surface area (Å²) in [5.74, 6) is -1.02. The quantitative estimate of drug-likeness (QED) is 0.720. The van der Waals surface area contributed by atoms with E-state index in [1.165, 1.54) is 6.08 Å². The summed E-state index contributed by atoms with van der Waals surface area (Å²) in [7, 11) is 0. The molecule has 1 aromatic rings. The number of nitrogens with zero attached hydrogens (tertiary/aromatic N) is 1. The molecule has 0 aliphatic heterocycles. The highest BCUT2D eigenvalue weighted by atomic mass is 16.4. The van der Waals surface area contributed by atoms with Crippen molar-refractivity contribution in [3.8, 4) is 6.07 Å². The second kappa shape index (κ2) is 4.24. The fourth-order valence-corrected chi connectivity index (χ4v) is 1.14. The lowest BCUT2D eigenvalue weighted by molar-refractivity contribution is -0.131. The fraction of sp³-hybridized carbons (Fsp3) is 0.0909. The first kappa shape index (κ1) is 10.0. The third-order valence-corrected chi connectivity index (χ3v) is 1.82. The van der Waals surface area contributed by atoms with E-state index in [9.17, 15) is 4.79 Å². The number of carboxylic acids is 1. The lowest BCUT2D eigenvalue weighted by Gasteiger charge is -2.00. The van der Waals surface area contributed by atoms with Crippen molar-refractivity contribution in [3.05, 3.63) is 41.0 Å². The van der Waals surface area contributed by atoms with E-state index in [4.69, 9.17) is 10.4 Å². The van der Waals surface area contributed by atoms with Crippen molar-refractivity contribution in [3.63, 3.8) is 0 Å². The molecule has 0 fully saturated rings. The zero-order valence-corrected chi connectivity index (χ0v) is 7.69. The number of benzene rings is 1. The van der Waals surface area contributed by atoms with Gasteiger partial charge in [0.2, 0.25) is 0 Å². The summed E-state index contributed by atoms with van der Waals surface area (Å²) in [6.45, 7) is 1.82. The highest BCUT2D eigenvalue weighted by Crippen LogP contribution is 2.14. The van der Waals surface area contributed by atoms with Crippen LogP contribution in [-0.4, -0.2) is 11.1 Å². The van der Waals surface area contributed by atoms with Crippen LogP contribution in [0, 0.1) is 18.3 Å². The molecule has 0 saturated carbocycles. The highest BCUT2D eigenvalue weighted by molar-refractivity contribution is 5.86. The maximum absolute atomic E-state index is 10.3. The summed E-state index contributed by atoms with van der Waals surface area (Å²) in [4.78, 5) is 10.3. The van der Waals surface area contributed by atoms with Gasteiger partial charge in [-0.15, -0.1) is 0 Å². The number of nitriles is 1. The Kier molecular flexibility index (Phi) is 3.03. The van der Waals surface area contributed by atoms with Gasteiger partial charge in [-0.25, -0.2) is 4.79 Å². The molecular weight excluding hydrogens is 178 g/mol. The summed E-state index contributed by atoms with van der Waals surface area (Å²) in [6.07, 6.45) is 2.45. The van der Waals surface area contributed by atoms with Crippen LogP contribution in [0.5, 0.6) is 0 Å². The van der Waals surface area contributed by atoms with E-state index < -0.39 is 5.97 Å². The second-order valence-electron chi connectivity index (χ2n) is 2.82. The third-order valence-electron chi connectivity index (χ3n) is 1.82. The van der Waals surface area contributed by atoms with Crippen molar-refractivity contribution in [2.45, 2.75) is 6.92 Å². The summed E-state index contributed by atoms with van der Waals surface area (Å²) in [6, 6.07) is 7.36. The van der Waals surface area contributed by atoms with E-state index in [-0.39, 0.29) is 0 Å². The zero-order chi connectivity index (χ0) is 10.6. The van der Waals surface area contributed by atoms with Gasteiger partial charge in [0.1, 0.15) is 6.07 Å². The first-order valence-electron chi connectivity index (χ1n) is 4.06. The summed E-state index contributed by atoms with van der Waals surface area (Å²) in [5.41, 5.74) is 2.00. The van der Waals surface area contributed by atoms with Gasteiger partial charge in [-0.2, -0.15) is 5.26 Å². The summed E-state index contributed by atoms with van der Waals surface area (Å²) < 4.78 is 0. The van der Waals surface area contributed by atoms with Crippen molar-refractivity contribution < 1.29 is 9.90 Å². The number of hydrogen-bond acceptors (Lipinski definition) is 2. The summed E-state index contributed by atoms with van der Waals surface area (Å²) in [5, 5.41) is 17.3. The summed E-state index contributed by atoms with van der Waals surface area (Å²) >= 11 is 0. The van der Waals surface area contributed by atoms with E-state index >= 15 is 0 Å². The molecule has 1 N–H and O–H groups in total. The van der Waals surface area contributed by atoms with E-state index in [0.717, 1.165) is 11.6 Å². The van der Waals surface area contributed by atoms with Crippen LogP contribution in [0.1, 0.15) is 16.7 Å². The van der Waals surface area contributed by atoms with E-state index in [1.54, 1.807) is 12.1 Å². The molecule has 70 valence electrons. The van der Waals surface area contributed by atoms with Gasteiger partial charge in [-0.05, 0) is 24.1 Å². The number of rotatable bonds is 2. The number of carboxylic acid groups (broad SMARTS) is 1. The lowest BCUT2D eigenvalue weighted by Crippen LogP contribution is -1.89. The number of aliphatic carboxylic acids is 1. The van der Waals surface area contributed by atoms with Crippen LogP contribution < -0.4 is 0 Å². The Morgan fingerprint density at radius 1 is 1.57 bits per heavy atom. The molecule has 0 amide bonds. The Balaban J connectivity index is 3.16. The van der Waals surface area contributed by atoms with Gasteiger partial charge in [-0.1, -0.05) is 18.2 Å². The van der Waals surface area contributed by atoms with Gasteiger partial charge < -0.3 is 5.11 Å². The molecule has 1 aromatic carbocycles. The van der Waals surface area contributed by atoms with Crippen LogP contribution in [0.2, 0.25) is 0 Å². The molecule has 0 saturated heterocycles. The van der Waals surface area contributed by atoms with Crippen LogP contribution in [-0.2, 0) is 4.79 Å². The molecule has 14 heavy (non-hydrogen) atoms. The smallest absolute Gasteiger partial charge is 0.328 e. The highest BCUT2D eigenvalue weighted by Gasteiger charge is 2.01. The Morgan fingerprint density at radius 3 is 2.86 bits per heavy atom. The molecule has 0 aromatic heterocycles. The van der Waals surface area contributed by atoms with E-state index in [2.05, 4.69) is 0 Å². The Labute approximate surface area is 81.9 Å². The monoisotopic (exact) mass is 187 g/mol. The minimum Gasteiger partial charge on any atom is -0.478 e. The van der Waals surface area contributed by atoms with Crippen LogP contribution >= 0.6 is 0 Å². The minimum atomic E-state index is -1.02. The molecule has 3 nitrogen and oxygen atoms in total. The molecule has 0 aliphatic rings. The van der Waals surface area contributed by atoms with Gasteiger partial charge in [0.25, 0.3) is 0 Å². The second-order valence-corrected chi connectivity index (χ2v) is 2.82. The van der Waals surface area contributed by atoms with Crippen molar-refractivity contribution in [2.24, 2.45) is 0 Å². The molecule has 0 spiro atoms. The van der Waals surface area contributed by atoms with Crippen molar-refractivity contribution in [1.82, 2.24) is 0 Å². The van der Waals surface area contributed by atoms with Gasteiger partial charge >= 0.3 is 5.97 Å². The molecule has 0 aliphatic carbocycles. The Hall–Kier alpha value is -2.08. The molecular formula is C11H9NO2. The van der Waals surface area contributed by atoms with E-state index in [0.29, 0.717) is 11.1 Å². The van der Waals surface area contributed by atoms with Gasteiger partial charge in [0.15, 0.2) is 0 Å². The topological polar surface area (TPSA) is 61.1 Å². The molecule has 0 heterocycles. The molecule has 3 heteroatoms. The van der Waals surface area contributed by atoms with Crippen molar-refractivity contribution >= 4 is 12.0 Å². The molecule has 1 rings (SSSR count). The van der Waals surface area contributed by atoms with Crippen LogP contribution in [0.3, 0.4) is 0 Å². The predicted octanol–water partition coefficient (Wildman–Crippen LogP) is 1.96. The molecule has 0 unspecified atom stereocenters. The van der Waals surface area contributed by atoms with Crippen LogP contribution in [0.25, 0.3) is 6.08 Å². The van der Waals surface area contributed by atoms with Gasteiger partial charge in [0, 0.05) is 6.08 Å². The Morgan fingerprint density at radius 2 is 2.29 bits per heavy atom. The standard InChI is InChI=1S/C11H9NO2/c1-8-3-2-4-9(10(8)7-12)5-6-11(13)14/h2-6H,1H3,(H,13,14)/b6-5+. The SMILES string of the molecule is Cc1cccc(/C=C/C(=O)O)c1C#N. The number of carbonyl (C=O) groups is 1. The van der Waals surface area contributed by atoms with Crippen molar-refractivity contribution in [2.75, 3.05) is 0 Å². The maximum atomic E-state index is 10.3. The maximum Gasteiger partial charge on any atom is 0.328 e. The molecule has 0 bridgehead atoms. The van der Waals surface area contributed by atoms with E-state index in [1.807, 2.05) is 19.1 Å². The minimum absolute atomic E-state index is 0.519. The van der Waals surface area contributed by atoms with Gasteiger partial charge in [-0.3, -0.25) is 0 Å². The van der Waals surface area contributed by atoms with Crippen LogP contribution in [0.4, 0.5) is 0 Å². The van der Waals surface area contributed by atoms with Crippen molar-refractivity contribution in [1.29, 1.82) is 5.26 Å². The van der Waals surface area contributed by atoms with Gasteiger partial charge in [0.05, 0.1) is 5.56 Å². The first-order chi connectivity index (χ1) is 6.65. The van der Waals surface area contributed by atoms with Crippen LogP contribution in [0.15, 0.2) is 24.3 Å². The fourth-order valence-electron chi connectivity index (χ4n) is 1.14. The number of aryl methyl sites for hydroxylation is 1. The third kappa shape index (κ3) is 2.20. The Bertz CT molecular complexity index is 427.